The Morgan fingerprint density at radius 2 is 1.67 bits per heavy atom. The van der Waals surface area contributed by atoms with E-state index in [1.165, 1.54) is 4.90 Å². The van der Waals surface area contributed by atoms with Crippen molar-refractivity contribution in [1.29, 1.82) is 0 Å². The summed E-state index contributed by atoms with van der Waals surface area (Å²) in [7, 11) is -5.53. The van der Waals surface area contributed by atoms with Gasteiger partial charge in [0, 0.05) is 25.8 Å². The zero-order valence-electron chi connectivity index (χ0n) is 18.2. The first-order chi connectivity index (χ1) is 15.4. The molecule has 1 atom stereocenters. The second-order valence-corrected chi connectivity index (χ2v) is 9.34. The van der Waals surface area contributed by atoms with Gasteiger partial charge < -0.3 is 9.80 Å². The van der Waals surface area contributed by atoms with Crippen molar-refractivity contribution in [3.63, 3.8) is 0 Å². The predicted molar refractivity (Wildman–Crippen MR) is 115 cm³/mol. The summed E-state index contributed by atoms with van der Waals surface area (Å²) in [6.07, 6.45) is 1.62. The minimum Gasteiger partial charge on any atom is -0.357 e. The molecule has 12 heteroatoms. The smallest absolute Gasteiger partial charge is 0.357 e. The molecule has 1 fully saturated rings. The van der Waals surface area contributed by atoms with E-state index in [0.29, 0.717) is 0 Å². The molecule has 1 aromatic carbocycles. The van der Waals surface area contributed by atoms with E-state index in [4.69, 9.17) is 0 Å². The standard InChI is InChI=1S/C21H23F3N4O4S/c1-4-26(5-2)18-12-15(10-11-25-18)13-27-14(3)19(29)28(20(27)30)16-6-8-17(9-7-16)33(31,32)21(22,23)24/h6-12,14H,4-5,13H2,1-3H3. The van der Waals surface area contributed by atoms with Crippen LogP contribution in [-0.4, -0.2) is 54.9 Å². The van der Waals surface area contributed by atoms with Crippen molar-refractivity contribution in [3.8, 4) is 0 Å². The van der Waals surface area contributed by atoms with E-state index in [0.717, 1.165) is 53.6 Å². The monoisotopic (exact) mass is 484 g/mol. The van der Waals surface area contributed by atoms with E-state index < -0.39 is 38.2 Å². The Hall–Kier alpha value is -3.15. The molecule has 0 radical (unpaired) electrons. The highest BCUT2D eigenvalue weighted by Gasteiger charge is 2.47. The SMILES string of the molecule is CCN(CC)c1cc(CN2C(=O)N(c3ccc(S(=O)(=O)C(F)(F)F)cc3)C(=O)C2C)ccn1. The summed E-state index contributed by atoms with van der Waals surface area (Å²) in [4.78, 5) is 33.4. The second kappa shape index (κ2) is 9.00. The van der Waals surface area contributed by atoms with Gasteiger partial charge in [-0.05, 0) is 62.7 Å². The summed E-state index contributed by atoms with van der Waals surface area (Å²) >= 11 is 0. The number of urea groups is 1. The van der Waals surface area contributed by atoms with Gasteiger partial charge in [-0.15, -0.1) is 0 Å². The van der Waals surface area contributed by atoms with Gasteiger partial charge in [0.15, 0.2) is 0 Å². The third-order valence-corrected chi connectivity index (χ3v) is 6.94. The highest BCUT2D eigenvalue weighted by molar-refractivity contribution is 7.92. The summed E-state index contributed by atoms with van der Waals surface area (Å²) < 4.78 is 61.4. The van der Waals surface area contributed by atoms with Gasteiger partial charge in [-0.1, -0.05) is 0 Å². The maximum absolute atomic E-state index is 13.0. The lowest BCUT2D eigenvalue weighted by Gasteiger charge is -2.22. The van der Waals surface area contributed by atoms with Crippen LogP contribution in [0.15, 0.2) is 47.5 Å². The van der Waals surface area contributed by atoms with Crippen molar-refractivity contribution >= 4 is 33.3 Å². The van der Waals surface area contributed by atoms with Crippen LogP contribution in [0.3, 0.4) is 0 Å². The molecule has 0 saturated carbocycles. The number of sulfone groups is 1. The van der Waals surface area contributed by atoms with Crippen molar-refractivity contribution in [2.24, 2.45) is 0 Å². The number of benzene rings is 1. The molecule has 0 aliphatic carbocycles. The fourth-order valence-electron chi connectivity index (χ4n) is 3.53. The average Bonchev–Trinajstić information content (AvgIpc) is 2.97. The number of carbonyl (C=O) groups excluding carboxylic acids is 2. The molecule has 0 bridgehead atoms. The third kappa shape index (κ3) is 4.52. The molecule has 1 saturated heterocycles. The summed E-state index contributed by atoms with van der Waals surface area (Å²) in [5.74, 6) is 0.172. The summed E-state index contributed by atoms with van der Waals surface area (Å²) in [6, 6.07) is 5.57. The quantitative estimate of drug-likeness (QED) is 0.558. The summed E-state index contributed by atoms with van der Waals surface area (Å²) in [5.41, 5.74) is -4.71. The number of amides is 3. The van der Waals surface area contributed by atoms with Crippen molar-refractivity contribution in [2.45, 2.75) is 43.8 Å². The molecule has 2 aromatic rings. The number of aromatic nitrogens is 1. The highest BCUT2D eigenvalue weighted by atomic mass is 32.2. The number of anilines is 2. The highest BCUT2D eigenvalue weighted by Crippen LogP contribution is 2.33. The van der Waals surface area contributed by atoms with Crippen molar-refractivity contribution < 1.29 is 31.2 Å². The van der Waals surface area contributed by atoms with Crippen LogP contribution in [0.2, 0.25) is 0 Å². The zero-order valence-corrected chi connectivity index (χ0v) is 19.0. The van der Waals surface area contributed by atoms with Crippen LogP contribution in [0, 0.1) is 0 Å². The largest absolute Gasteiger partial charge is 0.501 e. The number of imide groups is 1. The van der Waals surface area contributed by atoms with Crippen LogP contribution in [0.4, 0.5) is 29.5 Å². The lowest BCUT2D eigenvalue weighted by molar-refractivity contribution is -0.119. The number of hydrogen-bond donors (Lipinski definition) is 0. The van der Waals surface area contributed by atoms with Gasteiger partial charge in [0.25, 0.3) is 15.7 Å². The molecule has 8 nitrogen and oxygen atoms in total. The van der Waals surface area contributed by atoms with Crippen LogP contribution < -0.4 is 9.80 Å². The van der Waals surface area contributed by atoms with Gasteiger partial charge in [-0.2, -0.15) is 13.2 Å². The number of hydrogen-bond acceptors (Lipinski definition) is 6. The molecule has 3 amide bonds. The molecule has 1 unspecified atom stereocenters. The van der Waals surface area contributed by atoms with Crippen LogP contribution >= 0.6 is 0 Å². The number of rotatable bonds is 7. The maximum Gasteiger partial charge on any atom is 0.501 e. The van der Waals surface area contributed by atoms with Gasteiger partial charge in [-0.3, -0.25) is 4.79 Å². The Bertz CT molecular complexity index is 1150. The predicted octanol–water partition coefficient (Wildman–Crippen LogP) is 3.58. The number of alkyl halides is 3. The van der Waals surface area contributed by atoms with Gasteiger partial charge >= 0.3 is 11.5 Å². The van der Waals surface area contributed by atoms with Crippen LogP contribution in [0.1, 0.15) is 26.3 Å². The average molecular weight is 485 g/mol. The van der Waals surface area contributed by atoms with E-state index in [2.05, 4.69) is 4.98 Å². The molecule has 3 rings (SSSR count). The topological polar surface area (TPSA) is 90.9 Å². The fraction of sp³-hybridized carbons (Fsp3) is 0.381. The third-order valence-electron chi connectivity index (χ3n) is 5.44. The number of carbonyl (C=O) groups is 2. The van der Waals surface area contributed by atoms with Crippen LogP contribution in [0.5, 0.6) is 0 Å². The number of halogens is 3. The fourth-order valence-corrected chi connectivity index (χ4v) is 4.30. The van der Waals surface area contributed by atoms with E-state index in [1.54, 1.807) is 19.2 Å². The molecule has 1 aliphatic heterocycles. The van der Waals surface area contributed by atoms with Gasteiger partial charge in [0.05, 0.1) is 10.6 Å². The first kappa shape index (κ1) is 24.5. The van der Waals surface area contributed by atoms with Crippen molar-refractivity contribution in [2.75, 3.05) is 22.9 Å². The van der Waals surface area contributed by atoms with Crippen LogP contribution in [0.25, 0.3) is 0 Å². The lowest BCUT2D eigenvalue weighted by Crippen LogP contribution is -2.33. The Labute approximate surface area is 189 Å². The molecule has 33 heavy (non-hydrogen) atoms. The number of pyridine rings is 1. The minimum absolute atomic E-state index is 0.0148. The maximum atomic E-state index is 13.0. The molecular formula is C21H23F3N4O4S. The molecule has 1 aliphatic rings. The van der Waals surface area contributed by atoms with Gasteiger partial charge in [-0.25, -0.2) is 23.1 Å². The lowest BCUT2D eigenvalue weighted by atomic mass is 10.2. The molecular weight excluding hydrogens is 461 g/mol. The molecule has 0 spiro atoms. The minimum atomic E-state index is -5.53. The second-order valence-electron chi connectivity index (χ2n) is 7.40. The van der Waals surface area contributed by atoms with E-state index in [9.17, 15) is 31.2 Å². The summed E-state index contributed by atoms with van der Waals surface area (Å²) in [5, 5.41) is 0. The molecule has 1 aromatic heterocycles. The molecule has 2 heterocycles. The van der Waals surface area contributed by atoms with Gasteiger partial charge in [0.2, 0.25) is 0 Å². The van der Waals surface area contributed by atoms with E-state index in [1.807, 2.05) is 24.8 Å². The zero-order chi connectivity index (χ0) is 24.6. The Morgan fingerprint density at radius 1 is 1.06 bits per heavy atom. The molecule has 178 valence electrons. The van der Waals surface area contributed by atoms with Crippen LogP contribution in [-0.2, 0) is 21.2 Å². The summed E-state index contributed by atoms with van der Waals surface area (Å²) in [6.45, 7) is 7.16. The first-order valence-electron chi connectivity index (χ1n) is 10.2. The Kier molecular flexibility index (Phi) is 6.68. The Balaban J connectivity index is 1.85. The Morgan fingerprint density at radius 3 is 2.21 bits per heavy atom. The van der Waals surface area contributed by atoms with Crippen molar-refractivity contribution in [1.82, 2.24) is 9.88 Å². The van der Waals surface area contributed by atoms with E-state index in [-0.39, 0.29) is 12.2 Å². The number of nitrogens with zero attached hydrogens (tertiary/aromatic N) is 4. The molecule has 0 N–H and O–H groups in total. The van der Waals surface area contributed by atoms with E-state index >= 15 is 0 Å². The normalized spacial score (nSPS) is 17.1. The first-order valence-corrected chi connectivity index (χ1v) is 11.7. The van der Waals surface area contributed by atoms with Gasteiger partial charge in [0.1, 0.15) is 11.9 Å². The van der Waals surface area contributed by atoms with Crippen molar-refractivity contribution in [3.05, 3.63) is 48.2 Å².